The van der Waals surface area contributed by atoms with Gasteiger partial charge in [-0.05, 0) is 42.3 Å². The molecule has 2 atom stereocenters. The van der Waals surface area contributed by atoms with E-state index < -0.39 is 5.92 Å². The lowest BCUT2D eigenvalue weighted by Gasteiger charge is -2.28. The van der Waals surface area contributed by atoms with E-state index >= 15 is 0 Å². The first-order chi connectivity index (χ1) is 14.2. The second kappa shape index (κ2) is 8.10. The summed E-state index contributed by atoms with van der Waals surface area (Å²) in [6.07, 6.45) is 1.67. The third-order valence-corrected chi connectivity index (χ3v) is 5.65. The molecule has 4 rings (SSSR count). The number of nitriles is 1. The van der Waals surface area contributed by atoms with Gasteiger partial charge in [-0.2, -0.15) is 10.4 Å². The average molecular weight is 405 g/mol. The molecule has 6 heteroatoms. The first-order valence-electron chi connectivity index (χ1n) is 9.62. The highest BCUT2D eigenvalue weighted by atomic mass is 35.5. The molecule has 0 saturated carbocycles. The zero-order chi connectivity index (χ0) is 20.4. The molecule has 2 aromatic carbocycles. The van der Waals surface area contributed by atoms with Gasteiger partial charge in [0.1, 0.15) is 5.75 Å². The Balaban J connectivity index is 1.93. The van der Waals surface area contributed by atoms with Crippen molar-refractivity contribution in [3.05, 3.63) is 64.7 Å². The standard InChI is InChI=1S/C23H21ClN4O/c1-3-6-19-17(13-25)20(16-7-4-5-8-18(16)24)21-22(27-28-23(21)26-19)14-9-11-15(29-2)12-10-14/h4-5,7-12,17,20H,3,6H2,1-2H3,(H,27,28). The Hall–Kier alpha value is -3.10. The average Bonchev–Trinajstić information content (AvgIpc) is 3.17. The number of ether oxygens (including phenoxy) is 1. The van der Waals surface area contributed by atoms with Crippen LogP contribution in [0.25, 0.3) is 11.3 Å². The second-order valence-corrected chi connectivity index (χ2v) is 7.43. The van der Waals surface area contributed by atoms with Crippen LogP contribution >= 0.6 is 11.6 Å². The van der Waals surface area contributed by atoms with Crippen LogP contribution < -0.4 is 4.74 Å². The van der Waals surface area contributed by atoms with Crippen molar-refractivity contribution >= 4 is 23.1 Å². The molecule has 1 aromatic heterocycles. The van der Waals surface area contributed by atoms with Crippen LogP contribution in [-0.2, 0) is 0 Å². The van der Waals surface area contributed by atoms with E-state index in [0.717, 1.165) is 46.7 Å². The predicted octanol–water partition coefficient (Wildman–Crippen LogP) is 5.90. The van der Waals surface area contributed by atoms with E-state index in [1.54, 1.807) is 7.11 Å². The lowest BCUT2D eigenvalue weighted by molar-refractivity contribution is 0.415. The molecular weight excluding hydrogens is 384 g/mol. The number of nitrogens with one attached hydrogen (secondary N) is 1. The summed E-state index contributed by atoms with van der Waals surface area (Å²) < 4.78 is 5.27. The number of rotatable bonds is 5. The number of aromatic amines is 1. The summed E-state index contributed by atoms with van der Waals surface area (Å²) in [5, 5.41) is 18.4. The summed E-state index contributed by atoms with van der Waals surface area (Å²) in [5.41, 5.74) is 4.51. The number of hydrogen-bond acceptors (Lipinski definition) is 4. The highest BCUT2D eigenvalue weighted by molar-refractivity contribution is 6.31. The van der Waals surface area contributed by atoms with Gasteiger partial charge in [0.25, 0.3) is 0 Å². The minimum atomic E-state index is -0.392. The van der Waals surface area contributed by atoms with E-state index in [-0.39, 0.29) is 5.92 Å². The van der Waals surface area contributed by atoms with Crippen LogP contribution in [0.3, 0.4) is 0 Å². The highest BCUT2D eigenvalue weighted by Crippen LogP contribution is 2.47. The fourth-order valence-electron chi connectivity index (χ4n) is 3.94. The molecule has 5 nitrogen and oxygen atoms in total. The Bertz CT molecular complexity index is 1090. The molecule has 146 valence electrons. The molecule has 2 unspecified atom stereocenters. The van der Waals surface area contributed by atoms with Crippen molar-refractivity contribution in [3.8, 4) is 23.1 Å². The van der Waals surface area contributed by atoms with E-state index in [1.165, 1.54) is 0 Å². The number of nitrogens with zero attached hydrogens (tertiary/aromatic N) is 3. The SMILES string of the molecule is CCCC1=Nc2n[nH]c(-c3ccc(OC)cc3)c2C(c2ccccc2Cl)C1C#N. The molecule has 0 spiro atoms. The molecule has 0 bridgehead atoms. The fourth-order valence-corrected chi connectivity index (χ4v) is 4.20. The van der Waals surface area contributed by atoms with E-state index in [0.29, 0.717) is 10.8 Å². The number of benzene rings is 2. The van der Waals surface area contributed by atoms with E-state index in [4.69, 9.17) is 21.3 Å². The summed E-state index contributed by atoms with van der Waals surface area (Å²) in [4.78, 5) is 4.76. The van der Waals surface area contributed by atoms with Crippen molar-refractivity contribution in [1.29, 1.82) is 5.26 Å². The van der Waals surface area contributed by atoms with Crippen molar-refractivity contribution in [1.82, 2.24) is 10.2 Å². The number of methoxy groups -OCH3 is 1. The molecular formula is C23H21ClN4O. The quantitative estimate of drug-likeness (QED) is 0.575. The minimum Gasteiger partial charge on any atom is -0.497 e. The van der Waals surface area contributed by atoms with Gasteiger partial charge in [-0.15, -0.1) is 0 Å². The van der Waals surface area contributed by atoms with Crippen molar-refractivity contribution < 1.29 is 4.74 Å². The van der Waals surface area contributed by atoms with Gasteiger partial charge in [0.15, 0.2) is 5.82 Å². The Morgan fingerprint density at radius 3 is 2.59 bits per heavy atom. The van der Waals surface area contributed by atoms with Crippen LogP contribution in [-0.4, -0.2) is 23.0 Å². The van der Waals surface area contributed by atoms with Gasteiger partial charge in [0, 0.05) is 27.8 Å². The van der Waals surface area contributed by atoms with Crippen molar-refractivity contribution in [3.63, 3.8) is 0 Å². The molecule has 0 amide bonds. The molecule has 1 aliphatic heterocycles. The maximum atomic E-state index is 10.1. The molecule has 1 aliphatic rings. The highest BCUT2D eigenvalue weighted by Gasteiger charge is 2.38. The number of aliphatic imine (C=N–C) groups is 1. The topological polar surface area (TPSA) is 74.1 Å². The van der Waals surface area contributed by atoms with E-state index in [2.05, 4.69) is 23.2 Å². The maximum Gasteiger partial charge on any atom is 0.178 e. The summed E-state index contributed by atoms with van der Waals surface area (Å²) >= 11 is 6.58. The Morgan fingerprint density at radius 2 is 1.93 bits per heavy atom. The first-order valence-corrected chi connectivity index (χ1v) is 9.99. The Morgan fingerprint density at radius 1 is 1.17 bits per heavy atom. The molecule has 2 heterocycles. The second-order valence-electron chi connectivity index (χ2n) is 7.02. The number of aromatic nitrogens is 2. The summed E-state index contributed by atoms with van der Waals surface area (Å²) in [7, 11) is 1.64. The molecule has 0 saturated heterocycles. The molecule has 0 radical (unpaired) electrons. The van der Waals surface area contributed by atoms with Crippen molar-refractivity contribution in [2.75, 3.05) is 7.11 Å². The lowest BCUT2D eigenvalue weighted by Crippen LogP contribution is -2.25. The molecule has 0 fully saturated rings. The monoisotopic (exact) mass is 404 g/mol. The first kappa shape index (κ1) is 19.2. The lowest BCUT2D eigenvalue weighted by atomic mass is 9.75. The predicted molar refractivity (Wildman–Crippen MR) is 115 cm³/mol. The van der Waals surface area contributed by atoms with Gasteiger partial charge < -0.3 is 4.74 Å². The van der Waals surface area contributed by atoms with Gasteiger partial charge >= 0.3 is 0 Å². The third-order valence-electron chi connectivity index (χ3n) is 5.30. The fraction of sp³-hybridized carbons (Fsp3) is 0.261. The zero-order valence-electron chi connectivity index (χ0n) is 16.3. The summed E-state index contributed by atoms with van der Waals surface area (Å²) in [6, 6.07) is 18.0. The number of halogens is 1. The maximum absolute atomic E-state index is 10.1. The van der Waals surface area contributed by atoms with Gasteiger partial charge in [-0.1, -0.05) is 43.1 Å². The Kier molecular flexibility index (Phi) is 5.37. The van der Waals surface area contributed by atoms with E-state index in [9.17, 15) is 5.26 Å². The zero-order valence-corrected chi connectivity index (χ0v) is 17.1. The van der Waals surface area contributed by atoms with Crippen LogP contribution in [0.15, 0.2) is 53.5 Å². The molecule has 1 N–H and O–H groups in total. The van der Waals surface area contributed by atoms with Crippen LogP contribution in [0.5, 0.6) is 5.75 Å². The van der Waals surface area contributed by atoms with Crippen LogP contribution in [0, 0.1) is 17.2 Å². The largest absolute Gasteiger partial charge is 0.497 e. The third kappa shape index (κ3) is 3.41. The van der Waals surface area contributed by atoms with Gasteiger partial charge in [0.05, 0.1) is 24.8 Å². The van der Waals surface area contributed by atoms with Crippen molar-refractivity contribution in [2.45, 2.75) is 25.7 Å². The molecule has 29 heavy (non-hydrogen) atoms. The smallest absolute Gasteiger partial charge is 0.178 e. The number of hydrogen-bond donors (Lipinski definition) is 1. The van der Waals surface area contributed by atoms with Crippen LogP contribution in [0.2, 0.25) is 5.02 Å². The van der Waals surface area contributed by atoms with E-state index in [1.807, 2.05) is 48.5 Å². The van der Waals surface area contributed by atoms with Crippen LogP contribution in [0.4, 0.5) is 5.82 Å². The number of H-pyrrole nitrogens is 1. The Labute approximate surface area is 175 Å². The van der Waals surface area contributed by atoms with Gasteiger partial charge in [0.2, 0.25) is 0 Å². The normalized spacial score (nSPS) is 17.9. The summed E-state index contributed by atoms with van der Waals surface area (Å²) in [5.74, 6) is 0.786. The summed E-state index contributed by atoms with van der Waals surface area (Å²) in [6.45, 7) is 2.09. The number of fused-ring (bicyclic) bond motifs is 1. The van der Waals surface area contributed by atoms with Gasteiger partial charge in [-0.3, -0.25) is 5.10 Å². The molecule has 3 aromatic rings. The van der Waals surface area contributed by atoms with Crippen LogP contribution in [0.1, 0.15) is 36.8 Å². The van der Waals surface area contributed by atoms with Gasteiger partial charge in [-0.25, -0.2) is 4.99 Å². The van der Waals surface area contributed by atoms with Crippen molar-refractivity contribution in [2.24, 2.45) is 10.9 Å². The minimum absolute atomic E-state index is 0.237. The molecule has 0 aliphatic carbocycles.